The predicted molar refractivity (Wildman–Crippen MR) is 56.5 cm³/mol. The molecule has 17 heavy (non-hydrogen) atoms. The highest BCUT2D eigenvalue weighted by Crippen LogP contribution is 2.28. The Morgan fingerprint density at radius 3 is 2.82 bits per heavy atom. The molecule has 0 saturated carbocycles. The topological polar surface area (TPSA) is 120 Å². The highest BCUT2D eigenvalue weighted by Gasteiger charge is 2.25. The average Bonchev–Trinajstić information content (AvgIpc) is 2.55. The molecule has 0 aliphatic heterocycles. The van der Waals surface area contributed by atoms with Gasteiger partial charge in [0.1, 0.15) is 5.69 Å². The van der Waals surface area contributed by atoms with Gasteiger partial charge < -0.3 is 5.11 Å². The van der Waals surface area contributed by atoms with Crippen LogP contribution in [-0.4, -0.2) is 32.4 Å². The first kappa shape index (κ1) is 12.9. The molecule has 0 bridgehead atoms. The second-order valence-corrected chi connectivity index (χ2v) is 3.16. The lowest BCUT2D eigenvalue weighted by Gasteiger charge is -2.03. The number of aliphatic carboxylic acids is 1. The van der Waals surface area contributed by atoms with E-state index >= 15 is 0 Å². The van der Waals surface area contributed by atoms with Crippen LogP contribution in [-0.2, 0) is 23.1 Å². The van der Waals surface area contributed by atoms with Crippen LogP contribution in [0.4, 0.5) is 11.5 Å². The molecule has 0 spiro atoms. The Bertz CT molecular complexity index is 441. The van der Waals surface area contributed by atoms with Crippen molar-refractivity contribution in [1.82, 2.24) is 9.78 Å². The molecule has 9 heteroatoms. The molecule has 0 aromatic carbocycles. The van der Waals surface area contributed by atoms with Gasteiger partial charge in [-0.1, -0.05) is 6.92 Å². The normalized spacial score (nSPS) is 10.2. The Morgan fingerprint density at radius 1 is 1.71 bits per heavy atom. The average molecular weight is 244 g/mol. The highest BCUT2D eigenvalue weighted by atomic mass is 16.7. The van der Waals surface area contributed by atoms with Crippen molar-refractivity contribution in [2.24, 2.45) is 7.05 Å². The van der Waals surface area contributed by atoms with Crippen LogP contribution in [0, 0.1) is 10.1 Å². The van der Waals surface area contributed by atoms with Crippen molar-refractivity contribution in [1.29, 1.82) is 0 Å². The molecule has 1 heterocycles. The van der Waals surface area contributed by atoms with Crippen LogP contribution < -0.4 is 5.48 Å². The van der Waals surface area contributed by atoms with Gasteiger partial charge in [-0.25, -0.2) is 15.0 Å². The summed E-state index contributed by atoms with van der Waals surface area (Å²) in [5, 5.41) is 23.2. The summed E-state index contributed by atoms with van der Waals surface area (Å²) in [6.45, 7) is 1.13. The quantitative estimate of drug-likeness (QED) is 0.546. The first-order chi connectivity index (χ1) is 7.97. The molecule has 0 aliphatic rings. The third kappa shape index (κ3) is 2.91. The van der Waals surface area contributed by atoms with Crippen molar-refractivity contribution < 1.29 is 19.7 Å². The van der Waals surface area contributed by atoms with E-state index in [0.29, 0.717) is 12.1 Å². The number of carboxylic acid groups (broad SMARTS) is 1. The molecule has 0 unspecified atom stereocenters. The van der Waals surface area contributed by atoms with E-state index in [1.165, 1.54) is 11.7 Å². The second kappa shape index (κ2) is 5.25. The zero-order valence-electron chi connectivity index (χ0n) is 9.34. The molecule has 0 fully saturated rings. The first-order valence-electron chi connectivity index (χ1n) is 4.77. The summed E-state index contributed by atoms with van der Waals surface area (Å²) < 4.78 is 1.23. The third-order valence-corrected chi connectivity index (χ3v) is 1.97. The summed E-state index contributed by atoms with van der Waals surface area (Å²) in [7, 11) is 1.50. The number of carbonyl (C=O) groups is 1. The van der Waals surface area contributed by atoms with Crippen LogP contribution in [0.1, 0.15) is 12.6 Å². The molecule has 1 aromatic rings. The Balaban J connectivity index is 2.93. The van der Waals surface area contributed by atoms with E-state index in [1.807, 2.05) is 0 Å². The van der Waals surface area contributed by atoms with Crippen molar-refractivity contribution in [3.05, 3.63) is 15.8 Å². The Hall–Kier alpha value is -2.16. The summed E-state index contributed by atoms with van der Waals surface area (Å²) in [5.74, 6) is -1.16. The predicted octanol–water partition coefficient (Wildman–Crippen LogP) is 0.319. The molecule has 0 saturated heterocycles. The maximum Gasteiger partial charge on any atom is 0.336 e. The molecular weight excluding hydrogens is 232 g/mol. The van der Waals surface area contributed by atoms with E-state index in [2.05, 4.69) is 15.4 Å². The van der Waals surface area contributed by atoms with Gasteiger partial charge in [0.15, 0.2) is 6.61 Å². The SMILES string of the molecule is CCc1nn(C)c(NOCC(=O)O)c1[N+](=O)[O-]. The van der Waals surface area contributed by atoms with Crippen LogP contribution >= 0.6 is 0 Å². The maximum atomic E-state index is 10.9. The van der Waals surface area contributed by atoms with Gasteiger partial charge in [0.05, 0.1) is 4.92 Å². The van der Waals surface area contributed by atoms with Crippen molar-refractivity contribution in [2.75, 3.05) is 12.1 Å². The lowest BCUT2D eigenvalue weighted by molar-refractivity contribution is -0.384. The molecular formula is C8H12N4O5. The number of nitro groups is 1. The minimum Gasteiger partial charge on any atom is -0.479 e. The van der Waals surface area contributed by atoms with Crippen molar-refractivity contribution in [3.8, 4) is 0 Å². The van der Waals surface area contributed by atoms with Gasteiger partial charge in [-0.15, -0.1) is 0 Å². The molecule has 2 N–H and O–H groups in total. The maximum absolute atomic E-state index is 10.9. The molecule has 9 nitrogen and oxygen atoms in total. The van der Waals surface area contributed by atoms with E-state index in [0.717, 1.165) is 0 Å². The largest absolute Gasteiger partial charge is 0.479 e. The molecule has 0 aliphatic carbocycles. The van der Waals surface area contributed by atoms with Gasteiger partial charge in [-0.2, -0.15) is 5.10 Å². The minimum atomic E-state index is -1.18. The van der Waals surface area contributed by atoms with Gasteiger partial charge >= 0.3 is 11.7 Å². The lowest BCUT2D eigenvalue weighted by Crippen LogP contribution is -2.13. The van der Waals surface area contributed by atoms with Gasteiger partial charge in [-0.05, 0) is 6.42 Å². The minimum absolute atomic E-state index is 0.0214. The lowest BCUT2D eigenvalue weighted by atomic mass is 10.3. The third-order valence-electron chi connectivity index (χ3n) is 1.97. The number of hydrogen-bond acceptors (Lipinski definition) is 6. The van der Waals surface area contributed by atoms with Crippen LogP contribution in [0.15, 0.2) is 0 Å². The fraction of sp³-hybridized carbons (Fsp3) is 0.500. The van der Waals surface area contributed by atoms with E-state index in [4.69, 9.17) is 5.11 Å². The van der Waals surface area contributed by atoms with Crippen LogP contribution in [0.2, 0.25) is 0 Å². The van der Waals surface area contributed by atoms with E-state index < -0.39 is 17.5 Å². The monoisotopic (exact) mass is 244 g/mol. The van der Waals surface area contributed by atoms with Gasteiger partial charge in [-0.3, -0.25) is 15.0 Å². The highest BCUT2D eigenvalue weighted by molar-refractivity contribution is 5.68. The molecule has 1 aromatic heterocycles. The molecule has 0 amide bonds. The number of anilines is 1. The number of aryl methyl sites for hydroxylation is 2. The zero-order chi connectivity index (χ0) is 13.0. The molecule has 1 rings (SSSR count). The number of aromatic nitrogens is 2. The number of hydrogen-bond donors (Lipinski definition) is 2. The van der Waals surface area contributed by atoms with E-state index in [9.17, 15) is 14.9 Å². The van der Waals surface area contributed by atoms with E-state index in [1.54, 1.807) is 6.92 Å². The smallest absolute Gasteiger partial charge is 0.336 e. The number of nitrogens with zero attached hydrogens (tertiary/aromatic N) is 3. The Morgan fingerprint density at radius 2 is 2.35 bits per heavy atom. The summed E-state index contributed by atoms with van der Waals surface area (Å²) in [5.41, 5.74) is 2.32. The summed E-state index contributed by atoms with van der Waals surface area (Å²) in [4.78, 5) is 25.1. The van der Waals surface area contributed by atoms with Crippen molar-refractivity contribution in [3.63, 3.8) is 0 Å². The zero-order valence-corrected chi connectivity index (χ0v) is 9.34. The Labute approximate surface area is 96.1 Å². The van der Waals surface area contributed by atoms with Crippen LogP contribution in [0.5, 0.6) is 0 Å². The first-order valence-corrected chi connectivity index (χ1v) is 4.77. The fourth-order valence-corrected chi connectivity index (χ4v) is 1.28. The summed E-state index contributed by atoms with van der Waals surface area (Å²) in [6.07, 6.45) is 0.394. The number of rotatable bonds is 6. The number of carboxylic acids is 1. The molecule has 0 radical (unpaired) electrons. The van der Waals surface area contributed by atoms with Crippen LogP contribution in [0.25, 0.3) is 0 Å². The molecule has 0 atom stereocenters. The fourth-order valence-electron chi connectivity index (χ4n) is 1.28. The van der Waals surface area contributed by atoms with Gasteiger partial charge in [0, 0.05) is 7.05 Å². The van der Waals surface area contributed by atoms with Crippen molar-refractivity contribution in [2.45, 2.75) is 13.3 Å². The second-order valence-electron chi connectivity index (χ2n) is 3.16. The number of nitrogens with one attached hydrogen (secondary N) is 1. The standard InChI is InChI=1S/C8H12N4O5/c1-3-5-7(12(15)16)8(11(2)9-5)10-17-4-6(13)14/h10H,3-4H2,1-2H3,(H,13,14). The van der Waals surface area contributed by atoms with E-state index in [-0.39, 0.29) is 11.5 Å². The Kier molecular flexibility index (Phi) is 3.99. The molecule has 94 valence electrons. The van der Waals surface area contributed by atoms with Crippen LogP contribution in [0.3, 0.4) is 0 Å². The van der Waals surface area contributed by atoms with Gasteiger partial charge in [0.2, 0.25) is 5.82 Å². The summed E-state index contributed by atoms with van der Waals surface area (Å²) >= 11 is 0. The summed E-state index contributed by atoms with van der Waals surface area (Å²) in [6, 6.07) is 0. The van der Waals surface area contributed by atoms with Gasteiger partial charge in [0.25, 0.3) is 0 Å². The van der Waals surface area contributed by atoms with Crippen molar-refractivity contribution >= 4 is 17.5 Å².